The Balaban J connectivity index is 1.36. The number of halogens is 3. The van der Waals surface area contributed by atoms with Gasteiger partial charge in [0.25, 0.3) is 0 Å². The summed E-state index contributed by atoms with van der Waals surface area (Å²) in [5.41, 5.74) is 1.68. The van der Waals surface area contributed by atoms with Gasteiger partial charge in [-0.15, -0.1) is 0 Å². The Morgan fingerprint density at radius 1 is 1.04 bits per heavy atom. The minimum Gasteiger partial charge on any atom is -0.457 e. The molecule has 3 aromatic carbocycles. The molecule has 1 aliphatic heterocycles. The molecule has 0 spiro atoms. The molecule has 5 rings (SSSR count). The Labute approximate surface area is 266 Å². The van der Waals surface area contributed by atoms with Crippen LogP contribution in [0.4, 0.5) is 42.0 Å². The molecule has 0 unspecified atom stereocenters. The number of hydrogen-bond donors (Lipinski definition) is 2. The van der Waals surface area contributed by atoms with E-state index < -0.39 is 30.7 Å². The van der Waals surface area contributed by atoms with Gasteiger partial charge < -0.3 is 29.7 Å². The number of anilines is 5. The van der Waals surface area contributed by atoms with Crippen LogP contribution in [-0.2, 0) is 22.1 Å². The maximum Gasteiger partial charge on any atom is 0.421 e. The van der Waals surface area contributed by atoms with Crippen molar-refractivity contribution in [2.45, 2.75) is 25.2 Å². The van der Waals surface area contributed by atoms with E-state index >= 15 is 0 Å². The number of benzene rings is 3. The number of carbonyl (C=O) groups excluding carboxylic acids is 1. The monoisotopic (exact) mass is 652 g/mol. The van der Waals surface area contributed by atoms with Gasteiger partial charge in [-0.25, -0.2) is 9.78 Å². The highest BCUT2D eigenvalue weighted by atomic mass is 31.2. The smallest absolute Gasteiger partial charge is 0.421 e. The maximum atomic E-state index is 14.1. The van der Waals surface area contributed by atoms with Crippen LogP contribution in [-0.4, -0.2) is 67.4 Å². The summed E-state index contributed by atoms with van der Waals surface area (Å²) in [5.74, 6) is -1.10. The lowest BCUT2D eigenvalue weighted by Gasteiger charge is -2.24. The van der Waals surface area contributed by atoms with E-state index in [9.17, 15) is 22.5 Å². The summed E-state index contributed by atoms with van der Waals surface area (Å²) < 4.78 is 60.9. The fraction of sp³-hybridized carbons (Fsp3) is 0.303. The van der Waals surface area contributed by atoms with Gasteiger partial charge in [0.15, 0.2) is 0 Å². The molecule has 1 aromatic heterocycles. The number of nitrogens with one attached hydrogen (secondary N) is 2. The van der Waals surface area contributed by atoms with E-state index in [1.807, 2.05) is 50.5 Å². The van der Waals surface area contributed by atoms with Gasteiger partial charge in [0.05, 0.1) is 11.3 Å². The molecule has 2 N–H and O–H groups in total. The highest BCUT2D eigenvalue weighted by Crippen LogP contribution is 2.42. The van der Waals surface area contributed by atoms with Gasteiger partial charge in [0.2, 0.25) is 5.95 Å². The quantitative estimate of drug-likeness (QED) is 0.143. The Morgan fingerprint density at radius 2 is 1.76 bits per heavy atom. The summed E-state index contributed by atoms with van der Waals surface area (Å²) in [6.45, 7) is 4.92. The standard InChI is InChI=1S/C33H36F3N6O3P/c1-41(2)26-16-17-42(20-26)25-14-15-28(29(18-25)46(3,4)44)39-30-27(33(34,35)36)19-37-32(40-30)38-24-12-10-23(11-13-24)31(43)45-21-22-8-6-5-7-9-22/h5-15,18-19,26H,16-17,20-21H2,1-4H3,(H2,37,38,39,40)/t26-/m1/s1. The van der Waals surface area contributed by atoms with Crippen molar-refractivity contribution in [3.05, 3.63) is 95.7 Å². The predicted molar refractivity (Wildman–Crippen MR) is 175 cm³/mol. The third kappa shape index (κ3) is 8.05. The Bertz CT molecular complexity index is 1730. The molecule has 9 nitrogen and oxygen atoms in total. The average Bonchev–Trinajstić information content (AvgIpc) is 3.51. The number of aromatic nitrogens is 2. The molecule has 0 amide bonds. The molecule has 0 aliphatic carbocycles. The number of rotatable bonds is 10. The number of nitrogens with zero attached hydrogens (tertiary/aromatic N) is 4. The molecule has 4 aromatic rings. The lowest BCUT2D eigenvalue weighted by molar-refractivity contribution is -0.137. The molecular formula is C33H36F3N6O3P. The van der Waals surface area contributed by atoms with Crippen LogP contribution in [0, 0.1) is 0 Å². The van der Waals surface area contributed by atoms with Gasteiger partial charge in [-0.1, -0.05) is 30.3 Å². The summed E-state index contributed by atoms with van der Waals surface area (Å²) in [6.07, 6.45) is -3.07. The van der Waals surface area contributed by atoms with Crippen molar-refractivity contribution < 1.29 is 27.3 Å². The largest absolute Gasteiger partial charge is 0.457 e. The zero-order chi connectivity index (χ0) is 33.1. The number of likely N-dealkylation sites (N-methyl/N-ethyl adjacent to an activating group) is 1. The van der Waals surface area contributed by atoms with Gasteiger partial charge in [-0.3, -0.25) is 0 Å². The van der Waals surface area contributed by atoms with Crippen LogP contribution in [0.5, 0.6) is 0 Å². The van der Waals surface area contributed by atoms with Crippen molar-refractivity contribution in [2.75, 3.05) is 56.0 Å². The van der Waals surface area contributed by atoms with E-state index in [0.29, 0.717) is 28.8 Å². The molecule has 1 saturated heterocycles. The highest BCUT2D eigenvalue weighted by Gasteiger charge is 2.36. The first-order valence-corrected chi connectivity index (χ1v) is 17.3. The van der Waals surface area contributed by atoms with E-state index in [-0.39, 0.29) is 18.2 Å². The number of hydrogen-bond acceptors (Lipinski definition) is 9. The van der Waals surface area contributed by atoms with Gasteiger partial charge in [-0.05, 0) is 81.9 Å². The molecule has 242 valence electrons. The van der Waals surface area contributed by atoms with Crippen LogP contribution in [0.3, 0.4) is 0 Å². The number of esters is 1. The normalized spacial score (nSPS) is 15.2. The number of alkyl halides is 3. The van der Waals surface area contributed by atoms with Gasteiger partial charge in [-0.2, -0.15) is 18.2 Å². The van der Waals surface area contributed by atoms with Crippen LogP contribution in [0.15, 0.2) is 79.0 Å². The summed E-state index contributed by atoms with van der Waals surface area (Å²) in [6, 6.07) is 21.1. The Hall–Kier alpha value is -4.41. The number of carbonyl (C=O) groups is 1. The van der Waals surface area contributed by atoms with E-state index in [4.69, 9.17) is 4.74 Å². The van der Waals surface area contributed by atoms with Crippen LogP contribution in [0.2, 0.25) is 0 Å². The minimum atomic E-state index is -4.75. The maximum absolute atomic E-state index is 14.1. The predicted octanol–water partition coefficient (Wildman–Crippen LogP) is 6.73. The van der Waals surface area contributed by atoms with Crippen molar-refractivity contribution in [1.82, 2.24) is 14.9 Å². The Morgan fingerprint density at radius 3 is 2.39 bits per heavy atom. The van der Waals surface area contributed by atoms with Gasteiger partial charge >= 0.3 is 12.1 Å². The first kappa shape index (κ1) is 33.0. The number of ether oxygens (including phenoxy) is 1. The van der Waals surface area contributed by atoms with Crippen LogP contribution >= 0.6 is 7.14 Å². The molecule has 0 bridgehead atoms. The van der Waals surface area contributed by atoms with E-state index in [1.165, 1.54) is 12.1 Å². The fourth-order valence-electron chi connectivity index (χ4n) is 5.16. The molecule has 0 saturated carbocycles. The second kappa shape index (κ2) is 13.5. The first-order valence-electron chi connectivity index (χ1n) is 14.7. The lowest BCUT2D eigenvalue weighted by atomic mass is 10.2. The van der Waals surface area contributed by atoms with E-state index in [1.54, 1.807) is 37.6 Å². The molecule has 2 heterocycles. The molecule has 0 radical (unpaired) electrons. The van der Waals surface area contributed by atoms with E-state index in [2.05, 4.69) is 30.4 Å². The van der Waals surface area contributed by atoms with Crippen molar-refractivity contribution in [1.29, 1.82) is 0 Å². The zero-order valence-electron chi connectivity index (χ0n) is 26.0. The third-order valence-corrected chi connectivity index (χ3v) is 9.29. The van der Waals surface area contributed by atoms with Gasteiger partial charge in [0.1, 0.15) is 25.1 Å². The SMILES string of the molecule is CN(C)[C@@H]1CCN(c2ccc(Nc3nc(Nc4ccc(C(=O)OCc5ccccc5)cc4)ncc3C(F)(F)F)c(P(C)(C)=O)c2)C1. The van der Waals surface area contributed by atoms with Crippen molar-refractivity contribution >= 4 is 47.2 Å². The second-order valence-electron chi connectivity index (χ2n) is 11.7. The molecule has 1 aliphatic rings. The lowest BCUT2D eigenvalue weighted by Crippen LogP contribution is -2.31. The molecule has 46 heavy (non-hydrogen) atoms. The molecule has 13 heteroatoms. The van der Waals surface area contributed by atoms with Crippen LogP contribution in [0.25, 0.3) is 0 Å². The fourth-order valence-corrected chi connectivity index (χ4v) is 6.32. The molecule has 1 atom stereocenters. The van der Waals surface area contributed by atoms with Crippen molar-refractivity contribution in [2.24, 2.45) is 0 Å². The summed E-state index contributed by atoms with van der Waals surface area (Å²) >= 11 is 0. The van der Waals surface area contributed by atoms with Gasteiger partial charge in [0, 0.05) is 42.0 Å². The summed E-state index contributed by atoms with van der Waals surface area (Å²) in [4.78, 5) is 24.9. The van der Waals surface area contributed by atoms with Crippen LogP contribution < -0.4 is 20.8 Å². The third-order valence-electron chi connectivity index (χ3n) is 7.76. The average molecular weight is 653 g/mol. The Kier molecular flexibility index (Phi) is 9.69. The summed E-state index contributed by atoms with van der Waals surface area (Å²) in [5, 5.41) is 6.12. The van der Waals surface area contributed by atoms with E-state index in [0.717, 1.165) is 30.8 Å². The van der Waals surface area contributed by atoms with Crippen LogP contribution in [0.1, 0.15) is 27.9 Å². The topological polar surface area (TPSA) is 99.7 Å². The zero-order valence-corrected chi connectivity index (χ0v) is 26.9. The molecule has 1 fully saturated rings. The molecular weight excluding hydrogens is 616 g/mol. The first-order chi connectivity index (χ1) is 21.8. The highest BCUT2D eigenvalue weighted by molar-refractivity contribution is 7.70. The summed E-state index contributed by atoms with van der Waals surface area (Å²) in [7, 11) is 1.13. The second-order valence-corrected chi connectivity index (χ2v) is 14.9. The van der Waals surface area contributed by atoms with Crippen molar-refractivity contribution in [3.8, 4) is 0 Å². The van der Waals surface area contributed by atoms with Crippen molar-refractivity contribution in [3.63, 3.8) is 0 Å². The minimum absolute atomic E-state index is 0.101.